The molecule has 0 bridgehead atoms. The Morgan fingerprint density at radius 1 is 1.48 bits per heavy atom. The zero-order valence-corrected chi connectivity index (χ0v) is 12.8. The molecule has 1 amide bonds. The van der Waals surface area contributed by atoms with Crippen molar-refractivity contribution in [2.45, 2.75) is 19.9 Å². The second kappa shape index (κ2) is 5.46. The van der Waals surface area contributed by atoms with E-state index in [0.717, 1.165) is 6.42 Å². The SMILES string of the molecule is C[C@H]1C[C@@H]1C(=O)N1CC(CS(=O)(=O)NCc2ccco2)C1. The molecule has 2 aliphatic rings. The molecule has 1 saturated carbocycles. The first kappa shape index (κ1) is 14.6. The van der Waals surface area contributed by atoms with Crippen molar-refractivity contribution in [2.75, 3.05) is 18.8 Å². The van der Waals surface area contributed by atoms with Crippen LogP contribution >= 0.6 is 0 Å². The maximum absolute atomic E-state index is 11.9. The minimum Gasteiger partial charge on any atom is -0.468 e. The van der Waals surface area contributed by atoms with Crippen LogP contribution in [0.15, 0.2) is 22.8 Å². The van der Waals surface area contributed by atoms with Crippen LogP contribution in [0.3, 0.4) is 0 Å². The number of hydrogen-bond acceptors (Lipinski definition) is 4. The van der Waals surface area contributed by atoms with Crippen LogP contribution in [-0.4, -0.2) is 38.1 Å². The first-order chi connectivity index (χ1) is 9.94. The minimum atomic E-state index is -3.33. The van der Waals surface area contributed by atoms with Gasteiger partial charge in [-0.3, -0.25) is 4.79 Å². The average Bonchev–Trinajstić information content (AvgIpc) is 2.90. The number of amides is 1. The number of likely N-dealkylation sites (tertiary alicyclic amines) is 1. The minimum absolute atomic E-state index is 0.0390. The third-order valence-corrected chi connectivity index (χ3v) is 5.69. The van der Waals surface area contributed by atoms with Crippen molar-refractivity contribution in [2.24, 2.45) is 17.8 Å². The summed E-state index contributed by atoms with van der Waals surface area (Å²) in [7, 11) is -3.33. The van der Waals surface area contributed by atoms with E-state index in [1.165, 1.54) is 6.26 Å². The highest BCUT2D eigenvalue weighted by atomic mass is 32.2. The van der Waals surface area contributed by atoms with E-state index in [4.69, 9.17) is 4.42 Å². The van der Waals surface area contributed by atoms with E-state index >= 15 is 0 Å². The van der Waals surface area contributed by atoms with Gasteiger partial charge in [0.1, 0.15) is 5.76 Å². The maximum atomic E-state index is 11.9. The largest absolute Gasteiger partial charge is 0.468 e. The maximum Gasteiger partial charge on any atom is 0.225 e. The van der Waals surface area contributed by atoms with E-state index in [9.17, 15) is 13.2 Å². The summed E-state index contributed by atoms with van der Waals surface area (Å²) in [5, 5.41) is 0. The van der Waals surface area contributed by atoms with Gasteiger partial charge in [-0.25, -0.2) is 13.1 Å². The highest BCUT2D eigenvalue weighted by Gasteiger charge is 2.45. The van der Waals surface area contributed by atoms with Gasteiger partial charge in [-0.2, -0.15) is 0 Å². The van der Waals surface area contributed by atoms with Gasteiger partial charge < -0.3 is 9.32 Å². The highest BCUT2D eigenvalue weighted by molar-refractivity contribution is 7.89. The van der Waals surface area contributed by atoms with Crippen molar-refractivity contribution in [3.63, 3.8) is 0 Å². The lowest BCUT2D eigenvalue weighted by Gasteiger charge is -2.39. The molecule has 0 spiro atoms. The van der Waals surface area contributed by atoms with Crippen LogP contribution in [0.5, 0.6) is 0 Å². The van der Waals surface area contributed by atoms with Crippen molar-refractivity contribution >= 4 is 15.9 Å². The molecular weight excluding hydrogens is 292 g/mol. The molecule has 2 heterocycles. The van der Waals surface area contributed by atoms with Gasteiger partial charge in [0.05, 0.1) is 18.6 Å². The molecule has 2 atom stereocenters. The van der Waals surface area contributed by atoms with Gasteiger partial charge in [0.15, 0.2) is 0 Å². The number of hydrogen-bond donors (Lipinski definition) is 1. The van der Waals surface area contributed by atoms with Crippen LogP contribution in [0.4, 0.5) is 0 Å². The molecule has 1 aliphatic heterocycles. The second-order valence-electron chi connectivity index (χ2n) is 6.11. The van der Waals surface area contributed by atoms with Crippen molar-refractivity contribution in [3.8, 4) is 0 Å². The van der Waals surface area contributed by atoms with Crippen LogP contribution in [0.2, 0.25) is 0 Å². The van der Waals surface area contributed by atoms with Gasteiger partial charge >= 0.3 is 0 Å². The Balaban J connectivity index is 1.42. The smallest absolute Gasteiger partial charge is 0.225 e. The first-order valence-corrected chi connectivity index (χ1v) is 8.88. The highest BCUT2D eigenvalue weighted by Crippen LogP contribution is 2.40. The molecule has 6 nitrogen and oxygen atoms in total. The molecular formula is C14H20N2O4S. The van der Waals surface area contributed by atoms with Gasteiger partial charge in [0.25, 0.3) is 0 Å². The Labute approximate surface area is 124 Å². The fourth-order valence-electron chi connectivity index (χ4n) is 2.72. The summed E-state index contributed by atoms with van der Waals surface area (Å²) in [4.78, 5) is 13.7. The summed E-state index contributed by atoms with van der Waals surface area (Å²) in [6.45, 7) is 3.36. The number of nitrogens with one attached hydrogen (secondary N) is 1. The number of carbonyl (C=O) groups is 1. The predicted octanol–water partition coefficient (Wildman–Crippen LogP) is 0.813. The lowest BCUT2D eigenvalue weighted by molar-refractivity contribution is -0.138. The number of nitrogens with zero attached hydrogens (tertiary/aromatic N) is 1. The van der Waals surface area contributed by atoms with Crippen molar-refractivity contribution in [1.29, 1.82) is 0 Å². The fourth-order valence-corrected chi connectivity index (χ4v) is 4.03. The van der Waals surface area contributed by atoms with Crippen molar-refractivity contribution in [1.82, 2.24) is 9.62 Å². The summed E-state index contributed by atoms with van der Waals surface area (Å²) in [6, 6.07) is 3.45. The van der Waals surface area contributed by atoms with E-state index in [2.05, 4.69) is 11.6 Å². The summed E-state index contributed by atoms with van der Waals surface area (Å²) < 4.78 is 31.5. The Bertz CT molecular complexity index is 605. The normalized spacial score (nSPS) is 25.7. The summed E-state index contributed by atoms with van der Waals surface area (Å²) >= 11 is 0. The van der Waals surface area contributed by atoms with Crippen LogP contribution in [-0.2, 0) is 21.4 Å². The molecule has 21 heavy (non-hydrogen) atoms. The summed E-state index contributed by atoms with van der Waals surface area (Å²) in [6.07, 6.45) is 2.49. The van der Waals surface area contributed by atoms with E-state index in [1.54, 1.807) is 17.0 Å². The molecule has 116 valence electrons. The van der Waals surface area contributed by atoms with E-state index in [1.807, 2.05) is 0 Å². The number of rotatable bonds is 6. The first-order valence-electron chi connectivity index (χ1n) is 7.23. The van der Waals surface area contributed by atoms with E-state index in [0.29, 0.717) is 24.8 Å². The lowest BCUT2D eigenvalue weighted by atomic mass is 10.0. The molecule has 1 aliphatic carbocycles. The quantitative estimate of drug-likeness (QED) is 0.843. The number of furan rings is 1. The Morgan fingerprint density at radius 2 is 2.19 bits per heavy atom. The fraction of sp³-hybridized carbons (Fsp3) is 0.643. The van der Waals surface area contributed by atoms with Gasteiger partial charge in [-0.1, -0.05) is 6.92 Å². The molecule has 3 rings (SSSR count). The molecule has 2 fully saturated rings. The zero-order chi connectivity index (χ0) is 15.0. The standard InChI is InChI=1S/C14H20N2O4S/c1-10-5-13(10)14(17)16-7-11(8-16)9-21(18,19)15-6-12-3-2-4-20-12/h2-4,10-11,13,15H,5-9H2,1H3/t10-,13-/m0/s1. The van der Waals surface area contributed by atoms with Crippen molar-refractivity contribution < 1.29 is 17.6 Å². The van der Waals surface area contributed by atoms with Gasteiger partial charge in [-0.15, -0.1) is 0 Å². The Kier molecular flexibility index (Phi) is 3.79. The van der Waals surface area contributed by atoms with Gasteiger partial charge in [0.2, 0.25) is 15.9 Å². The summed E-state index contributed by atoms with van der Waals surface area (Å²) in [5.41, 5.74) is 0. The molecule has 1 aromatic rings. The van der Waals surface area contributed by atoms with E-state index in [-0.39, 0.29) is 30.0 Å². The Hall–Kier alpha value is -1.34. The van der Waals surface area contributed by atoms with Gasteiger partial charge in [0, 0.05) is 24.9 Å². The number of sulfonamides is 1. The average molecular weight is 312 g/mol. The molecule has 0 radical (unpaired) electrons. The number of carbonyl (C=O) groups excluding carboxylic acids is 1. The predicted molar refractivity (Wildman–Crippen MR) is 76.7 cm³/mol. The second-order valence-corrected chi connectivity index (χ2v) is 7.96. The molecule has 0 unspecified atom stereocenters. The molecule has 1 N–H and O–H groups in total. The summed E-state index contributed by atoms with van der Waals surface area (Å²) in [5.74, 6) is 1.57. The monoisotopic (exact) mass is 312 g/mol. The van der Waals surface area contributed by atoms with Crippen LogP contribution in [0.1, 0.15) is 19.1 Å². The van der Waals surface area contributed by atoms with Crippen LogP contribution < -0.4 is 4.72 Å². The van der Waals surface area contributed by atoms with Crippen molar-refractivity contribution in [3.05, 3.63) is 24.2 Å². The molecule has 0 aromatic carbocycles. The third kappa shape index (κ3) is 3.47. The molecule has 1 saturated heterocycles. The lowest BCUT2D eigenvalue weighted by Crippen LogP contribution is -2.53. The Morgan fingerprint density at radius 3 is 2.76 bits per heavy atom. The van der Waals surface area contributed by atoms with E-state index < -0.39 is 10.0 Å². The molecule has 1 aromatic heterocycles. The van der Waals surface area contributed by atoms with Crippen LogP contribution in [0.25, 0.3) is 0 Å². The van der Waals surface area contributed by atoms with Crippen LogP contribution in [0, 0.1) is 17.8 Å². The third-order valence-electron chi connectivity index (χ3n) is 4.20. The topological polar surface area (TPSA) is 79.6 Å². The van der Waals surface area contributed by atoms with Gasteiger partial charge in [-0.05, 0) is 24.5 Å². The molecule has 7 heteroatoms. The zero-order valence-electron chi connectivity index (χ0n) is 12.0.